The normalized spacial score (nSPS) is 24.4. The molecular weight excluding hydrogens is 350 g/mol. The van der Waals surface area contributed by atoms with Crippen molar-refractivity contribution in [2.24, 2.45) is 0 Å². The largest absolute Gasteiger partial charge is 0.293 e. The Hall–Kier alpha value is -1.23. The molecule has 0 amide bonds. The van der Waals surface area contributed by atoms with Gasteiger partial charge in [0.2, 0.25) is 0 Å². The van der Waals surface area contributed by atoms with Crippen molar-refractivity contribution in [2.75, 3.05) is 13.1 Å². The van der Waals surface area contributed by atoms with E-state index in [4.69, 9.17) is 0 Å². The van der Waals surface area contributed by atoms with Gasteiger partial charge in [-0.15, -0.1) is 0 Å². The highest BCUT2D eigenvalue weighted by atomic mass is 79.9. The number of rotatable bonds is 4. The molecule has 2 unspecified atom stereocenters. The zero-order chi connectivity index (χ0) is 15.8. The topological polar surface area (TPSA) is 19.4 Å². The van der Waals surface area contributed by atoms with Crippen molar-refractivity contribution in [1.82, 2.24) is 14.8 Å². The Morgan fingerprint density at radius 2 is 1.70 bits per heavy atom. The Morgan fingerprint density at radius 1 is 1.00 bits per heavy atom. The van der Waals surface area contributed by atoms with E-state index >= 15 is 0 Å². The van der Waals surface area contributed by atoms with Crippen molar-refractivity contribution in [2.45, 2.75) is 38.5 Å². The second-order valence-corrected chi connectivity index (χ2v) is 7.77. The molecular formula is C19H22BrN3. The zero-order valence-electron chi connectivity index (χ0n) is 13.5. The summed E-state index contributed by atoms with van der Waals surface area (Å²) in [6, 6.07) is 14.6. The highest BCUT2D eigenvalue weighted by Crippen LogP contribution is 2.32. The van der Waals surface area contributed by atoms with E-state index in [-0.39, 0.29) is 0 Å². The molecule has 4 heteroatoms. The zero-order valence-corrected chi connectivity index (χ0v) is 15.0. The molecule has 1 aromatic heterocycles. The van der Waals surface area contributed by atoms with Gasteiger partial charge in [-0.25, -0.2) is 0 Å². The van der Waals surface area contributed by atoms with Crippen LogP contribution < -0.4 is 0 Å². The van der Waals surface area contributed by atoms with E-state index in [1.54, 1.807) is 0 Å². The summed E-state index contributed by atoms with van der Waals surface area (Å²) in [5.74, 6) is 0. The van der Waals surface area contributed by atoms with Gasteiger partial charge in [0.25, 0.3) is 0 Å². The number of likely N-dealkylation sites (tertiary alicyclic amines) is 2. The summed E-state index contributed by atoms with van der Waals surface area (Å²) in [6.45, 7) is 6.58. The fraction of sp³-hybridized carbons (Fsp3) is 0.421. The van der Waals surface area contributed by atoms with Gasteiger partial charge < -0.3 is 0 Å². The van der Waals surface area contributed by atoms with Crippen molar-refractivity contribution in [3.63, 3.8) is 0 Å². The quantitative estimate of drug-likeness (QED) is 0.818. The summed E-state index contributed by atoms with van der Waals surface area (Å²) in [7, 11) is 0. The van der Waals surface area contributed by atoms with Gasteiger partial charge in [0.05, 0.1) is 5.69 Å². The molecule has 2 aliphatic heterocycles. The second-order valence-electron chi connectivity index (χ2n) is 6.86. The van der Waals surface area contributed by atoms with E-state index in [0.29, 0.717) is 12.1 Å². The lowest BCUT2D eigenvalue weighted by molar-refractivity contribution is 0.117. The highest BCUT2D eigenvalue weighted by molar-refractivity contribution is 9.10. The van der Waals surface area contributed by atoms with Crippen molar-refractivity contribution in [3.8, 4) is 0 Å². The molecule has 2 aliphatic rings. The molecule has 2 atom stereocenters. The van der Waals surface area contributed by atoms with Gasteiger partial charge in [0.1, 0.15) is 0 Å². The van der Waals surface area contributed by atoms with Crippen LogP contribution in [0.4, 0.5) is 0 Å². The summed E-state index contributed by atoms with van der Waals surface area (Å²) in [5.41, 5.74) is 3.94. The third-order valence-electron chi connectivity index (χ3n) is 5.13. The Morgan fingerprint density at radius 3 is 2.30 bits per heavy atom. The fourth-order valence-electron chi connectivity index (χ4n) is 3.86. The molecule has 0 aliphatic carbocycles. The third-order valence-corrected chi connectivity index (χ3v) is 5.60. The lowest BCUT2D eigenvalue weighted by Crippen LogP contribution is -2.45. The SMILES string of the molecule is Cc1ccc(CN2CC3CC2CN3Cc2ccc(Br)cn2)cc1. The van der Waals surface area contributed by atoms with E-state index in [0.717, 1.165) is 17.6 Å². The smallest absolute Gasteiger partial charge is 0.0544 e. The van der Waals surface area contributed by atoms with Crippen LogP contribution in [0, 0.1) is 6.92 Å². The number of aryl methyl sites for hydroxylation is 1. The van der Waals surface area contributed by atoms with E-state index in [1.807, 2.05) is 6.20 Å². The van der Waals surface area contributed by atoms with Crippen LogP contribution in [0.15, 0.2) is 47.1 Å². The number of piperazine rings is 1. The van der Waals surface area contributed by atoms with E-state index in [2.05, 4.69) is 74.0 Å². The van der Waals surface area contributed by atoms with Crippen LogP contribution in [0.2, 0.25) is 0 Å². The van der Waals surface area contributed by atoms with Crippen LogP contribution in [0.3, 0.4) is 0 Å². The van der Waals surface area contributed by atoms with Gasteiger partial charge in [-0.2, -0.15) is 0 Å². The number of halogens is 1. The molecule has 120 valence electrons. The summed E-state index contributed by atoms with van der Waals surface area (Å²) in [6.07, 6.45) is 3.20. The first kappa shape index (κ1) is 15.3. The molecule has 2 bridgehead atoms. The fourth-order valence-corrected chi connectivity index (χ4v) is 4.09. The summed E-state index contributed by atoms with van der Waals surface area (Å²) in [5, 5.41) is 0. The van der Waals surface area contributed by atoms with Crippen molar-refractivity contribution >= 4 is 15.9 Å². The number of hydrogen-bond acceptors (Lipinski definition) is 3. The summed E-state index contributed by atoms with van der Waals surface area (Å²) in [4.78, 5) is 9.78. The molecule has 3 heterocycles. The monoisotopic (exact) mass is 371 g/mol. The van der Waals surface area contributed by atoms with E-state index in [1.165, 1.54) is 36.3 Å². The predicted molar refractivity (Wildman–Crippen MR) is 96.1 cm³/mol. The summed E-state index contributed by atoms with van der Waals surface area (Å²) < 4.78 is 1.05. The van der Waals surface area contributed by atoms with Gasteiger partial charge in [-0.05, 0) is 47.0 Å². The van der Waals surface area contributed by atoms with Crippen LogP contribution in [-0.4, -0.2) is 40.0 Å². The van der Waals surface area contributed by atoms with Crippen LogP contribution in [0.25, 0.3) is 0 Å². The first-order chi connectivity index (χ1) is 11.2. The number of aromatic nitrogens is 1. The minimum atomic E-state index is 0.691. The maximum absolute atomic E-state index is 4.52. The Labute approximate surface area is 146 Å². The number of benzene rings is 1. The van der Waals surface area contributed by atoms with Gasteiger partial charge in [-0.3, -0.25) is 14.8 Å². The first-order valence-electron chi connectivity index (χ1n) is 8.31. The highest BCUT2D eigenvalue weighted by Gasteiger charge is 2.42. The van der Waals surface area contributed by atoms with Crippen LogP contribution in [0.1, 0.15) is 23.2 Å². The lowest BCUT2D eigenvalue weighted by atomic mass is 10.1. The maximum Gasteiger partial charge on any atom is 0.0544 e. The van der Waals surface area contributed by atoms with Crippen molar-refractivity contribution in [3.05, 3.63) is 63.9 Å². The maximum atomic E-state index is 4.52. The number of pyridine rings is 1. The molecule has 0 spiro atoms. The molecule has 0 radical (unpaired) electrons. The predicted octanol–water partition coefficient (Wildman–Crippen LogP) is 3.61. The number of nitrogens with zero attached hydrogens (tertiary/aromatic N) is 3. The van der Waals surface area contributed by atoms with Gasteiger partial charge in [0.15, 0.2) is 0 Å². The van der Waals surface area contributed by atoms with Crippen LogP contribution >= 0.6 is 15.9 Å². The molecule has 3 nitrogen and oxygen atoms in total. The average molecular weight is 372 g/mol. The van der Waals surface area contributed by atoms with Gasteiger partial charge >= 0.3 is 0 Å². The van der Waals surface area contributed by atoms with Crippen molar-refractivity contribution in [1.29, 1.82) is 0 Å². The molecule has 2 saturated heterocycles. The molecule has 23 heavy (non-hydrogen) atoms. The van der Waals surface area contributed by atoms with Crippen molar-refractivity contribution < 1.29 is 0 Å². The Kier molecular flexibility index (Phi) is 4.22. The number of hydrogen-bond donors (Lipinski definition) is 0. The molecule has 2 fully saturated rings. The lowest BCUT2D eigenvalue weighted by Gasteiger charge is -2.34. The van der Waals surface area contributed by atoms with Gasteiger partial charge in [0, 0.05) is 48.9 Å². The second kappa shape index (κ2) is 6.34. The Bertz CT molecular complexity index is 609. The number of fused-ring (bicyclic) bond motifs is 2. The van der Waals surface area contributed by atoms with E-state index < -0.39 is 0 Å². The minimum absolute atomic E-state index is 0.691. The van der Waals surface area contributed by atoms with Gasteiger partial charge in [-0.1, -0.05) is 29.8 Å². The molecule has 0 saturated carbocycles. The average Bonchev–Trinajstić information content (AvgIpc) is 3.12. The minimum Gasteiger partial charge on any atom is -0.293 e. The summed E-state index contributed by atoms with van der Waals surface area (Å²) >= 11 is 3.45. The van der Waals surface area contributed by atoms with E-state index in [9.17, 15) is 0 Å². The molecule has 2 aromatic rings. The molecule has 0 N–H and O–H groups in total. The first-order valence-corrected chi connectivity index (χ1v) is 9.11. The third kappa shape index (κ3) is 3.35. The Balaban J connectivity index is 1.36. The molecule has 4 rings (SSSR count). The van der Waals surface area contributed by atoms with Crippen LogP contribution in [0.5, 0.6) is 0 Å². The van der Waals surface area contributed by atoms with Crippen LogP contribution in [-0.2, 0) is 13.1 Å². The standard InChI is InChI=1S/C19H22BrN3/c1-14-2-4-15(5-3-14)10-22-12-19-8-18(22)13-23(19)11-17-7-6-16(20)9-21-17/h2-7,9,18-19H,8,10-13H2,1H3. The molecule has 1 aromatic carbocycles.